The first kappa shape index (κ1) is 33.3. The Morgan fingerprint density at radius 3 is 2.36 bits per heavy atom. The summed E-state index contributed by atoms with van der Waals surface area (Å²) in [6.45, 7) is 9.39. The summed E-state index contributed by atoms with van der Waals surface area (Å²) in [6, 6.07) is 28.1. The summed E-state index contributed by atoms with van der Waals surface area (Å²) in [5.41, 5.74) is 17.4. The van der Waals surface area contributed by atoms with Crippen LogP contribution in [-0.4, -0.2) is 40.5 Å². The van der Waals surface area contributed by atoms with Crippen molar-refractivity contribution in [3.8, 4) is 22.4 Å². The summed E-state index contributed by atoms with van der Waals surface area (Å²) in [5.74, 6) is -0.222. The lowest BCUT2D eigenvalue weighted by molar-refractivity contribution is 0.400. The van der Waals surface area contributed by atoms with E-state index in [1.165, 1.54) is 5.56 Å². The predicted octanol–water partition coefficient (Wildman–Crippen LogP) is 9.38. The molecule has 0 radical (unpaired) electrons. The Kier molecular flexibility index (Phi) is 11.0. The Balaban J connectivity index is 0.00000213. The average molecular weight is 626 g/mol. The van der Waals surface area contributed by atoms with Gasteiger partial charge in [-0.1, -0.05) is 69.0 Å². The van der Waals surface area contributed by atoms with Crippen LogP contribution in [0.4, 0.5) is 10.1 Å². The molecule has 5 nitrogen and oxygen atoms in total. The first-order chi connectivity index (χ1) is 22.8. The number of nitrogens with one attached hydrogen (secondary N) is 1. The van der Waals surface area contributed by atoms with Gasteiger partial charge in [0.1, 0.15) is 5.82 Å². The van der Waals surface area contributed by atoms with Gasteiger partial charge in [-0.05, 0) is 111 Å². The van der Waals surface area contributed by atoms with Crippen molar-refractivity contribution in [1.82, 2.24) is 19.9 Å². The fourth-order valence-electron chi connectivity index (χ4n) is 5.85. The minimum Gasteiger partial charge on any atom is -0.397 e. The number of H-pyrrole nitrogens is 1. The van der Waals surface area contributed by atoms with Crippen molar-refractivity contribution in [1.29, 1.82) is 0 Å². The normalized spacial score (nSPS) is 11.0. The van der Waals surface area contributed by atoms with E-state index in [1.807, 2.05) is 56.6 Å². The Hall–Kier alpha value is -5.07. The minimum absolute atomic E-state index is 0.222. The summed E-state index contributed by atoms with van der Waals surface area (Å²) in [6.07, 6.45) is 9.06. The van der Waals surface area contributed by atoms with Crippen molar-refractivity contribution < 1.29 is 4.39 Å². The molecule has 0 bridgehead atoms. The zero-order valence-electron chi connectivity index (χ0n) is 27.9. The lowest BCUT2D eigenvalue weighted by Crippen LogP contribution is -2.13. The largest absolute Gasteiger partial charge is 0.397 e. The second-order valence-corrected chi connectivity index (χ2v) is 11.9. The van der Waals surface area contributed by atoms with E-state index in [2.05, 4.69) is 83.0 Å². The molecular weight excluding hydrogens is 581 g/mol. The number of benzene rings is 3. The van der Waals surface area contributed by atoms with Gasteiger partial charge in [0.05, 0.1) is 17.6 Å². The first-order valence-corrected chi connectivity index (χ1v) is 16.3. The van der Waals surface area contributed by atoms with Crippen LogP contribution in [0.3, 0.4) is 0 Å². The second-order valence-electron chi connectivity index (χ2n) is 11.9. The zero-order chi connectivity index (χ0) is 33.3. The molecule has 240 valence electrons. The molecular formula is C41H44FN5. The molecule has 3 aromatic heterocycles. The van der Waals surface area contributed by atoms with Gasteiger partial charge >= 0.3 is 0 Å². The molecule has 0 aliphatic rings. The third-order valence-corrected chi connectivity index (χ3v) is 8.22. The monoisotopic (exact) mass is 625 g/mol. The van der Waals surface area contributed by atoms with E-state index in [0.29, 0.717) is 5.69 Å². The molecule has 0 fully saturated rings. The van der Waals surface area contributed by atoms with Crippen LogP contribution < -0.4 is 5.73 Å². The summed E-state index contributed by atoms with van der Waals surface area (Å²) >= 11 is 0. The minimum atomic E-state index is -0.222. The number of hydrogen-bond donors (Lipinski definition) is 2. The highest BCUT2D eigenvalue weighted by Gasteiger charge is 2.15. The summed E-state index contributed by atoms with van der Waals surface area (Å²) in [5, 5.41) is 1.00. The molecule has 0 saturated heterocycles. The van der Waals surface area contributed by atoms with E-state index in [4.69, 9.17) is 5.73 Å². The molecule has 0 aliphatic carbocycles. The quantitative estimate of drug-likeness (QED) is 0.151. The number of nitrogen functional groups attached to an aromatic ring is 1. The molecule has 0 atom stereocenters. The lowest BCUT2D eigenvalue weighted by atomic mass is 9.97. The summed E-state index contributed by atoms with van der Waals surface area (Å²) < 4.78 is 14.8. The maximum Gasteiger partial charge on any atom is 0.124 e. The predicted molar refractivity (Wildman–Crippen MR) is 196 cm³/mol. The maximum atomic E-state index is 14.8. The van der Waals surface area contributed by atoms with Gasteiger partial charge < -0.3 is 15.6 Å². The fourth-order valence-corrected chi connectivity index (χ4v) is 5.85. The van der Waals surface area contributed by atoms with Crippen molar-refractivity contribution in [2.75, 3.05) is 26.4 Å². The molecule has 3 heterocycles. The van der Waals surface area contributed by atoms with Crippen LogP contribution in [0.25, 0.3) is 38.9 Å². The molecule has 6 rings (SSSR count). The average Bonchev–Trinajstić information content (AvgIpc) is 3.53. The van der Waals surface area contributed by atoms with Gasteiger partial charge in [0.15, 0.2) is 0 Å². The lowest BCUT2D eigenvalue weighted by Gasteiger charge is -2.11. The van der Waals surface area contributed by atoms with Gasteiger partial charge in [0.2, 0.25) is 0 Å². The van der Waals surface area contributed by atoms with E-state index in [9.17, 15) is 4.39 Å². The molecule has 0 saturated carbocycles. The molecule has 0 amide bonds. The molecule has 0 spiro atoms. The molecule has 3 aromatic carbocycles. The van der Waals surface area contributed by atoms with E-state index >= 15 is 0 Å². The number of aryl methyl sites for hydroxylation is 3. The number of fused-ring (bicyclic) bond motifs is 1. The van der Waals surface area contributed by atoms with Gasteiger partial charge in [0, 0.05) is 45.7 Å². The van der Waals surface area contributed by atoms with Crippen LogP contribution in [0.2, 0.25) is 0 Å². The van der Waals surface area contributed by atoms with Gasteiger partial charge in [-0.2, -0.15) is 0 Å². The fraction of sp³-hybridized carbons (Fsp3) is 0.220. The number of anilines is 1. The maximum absolute atomic E-state index is 14.8. The number of hydrogen-bond acceptors (Lipinski definition) is 4. The van der Waals surface area contributed by atoms with Gasteiger partial charge in [-0.15, -0.1) is 0 Å². The standard InChI is InChI=1S/C39H38FN5.C2H6/c1-26(34-21-39(43-25-36(34)41)31-18-29(23-42-24-31)15-14-27-9-5-4-6-10-27)38-22-35-33(12-7-13-37(35)44-38)30-17-28(19-32(40)20-30)11-8-16-45(2)3;1-2/h4-7,9-10,12-13,17-25,44H,1,8,11,14-16,41H2,2-3H3;1-2H3. The number of nitrogens with two attached hydrogens (primary N) is 1. The van der Waals surface area contributed by atoms with Crippen LogP contribution in [0.5, 0.6) is 0 Å². The highest BCUT2D eigenvalue weighted by atomic mass is 19.1. The third-order valence-electron chi connectivity index (χ3n) is 8.22. The highest BCUT2D eigenvalue weighted by Crippen LogP contribution is 2.35. The number of pyridine rings is 2. The first-order valence-electron chi connectivity index (χ1n) is 16.3. The van der Waals surface area contributed by atoms with E-state index in [1.54, 1.807) is 18.3 Å². The van der Waals surface area contributed by atoms with Crippen molar-refractivity contribution in [3.63, 3.8) is 0 Å². The Morgan fingerprint density at radius 2 is 1.57 bits per heavy atom. The van der Waals surface area contributed by atoms with Crippen molar-refractivity contribution in [2.45, 2.75) is 39.5 Å². The van der Waals surface area contributed by atoms with E-state index in [-0.39, 0.29) is 5.82 Å². The smallest absolute Gasteiger partial charge is 0.124 e. The van der Waals surface area contributed by atoms with Crippen molar-refractivity contribution in [3.05, 3.63) is 144 Å². The Morgan fingerprint density at radius 1 is 0.809 bits per heavy atom. The topological polar surface area (TPSA) is 70.8 Å². The number of aromatic nitrogens is 3. The van der Waals surface area contributed by atoms with Gasteiger partial charge in [-0.3, -0.25) is 9.97 Å². The number of aromatic amines is 1. The van der Waals surface area contributed by atoms with E-state index in [0.717, 1.165) is 93.5 Å². The van der Waals surface area contributed by atoms with Gasteiger partial charge in [-0.25, -0.2) is 4.39 Å². The van der Waals surface area contributed by atoms with Gasteiger partial charge in [0.25, 0.3) is 0 Å². The summed E-state index contributed by atoms with van der Waals surface area (Å²) in [7, 11) is 4.11. The molecule has 0 unspecified atom stereocenters. The van der Waals surface area contributed by atoms with Crippen LogP contribution in [0.1, 0.15) is 48.2 Å². The summed E-state index contributed by atoms with van der Waals surface area (Å²) in [4.78, 5) is 14.8. The SMILES string of the molecule is C=C(c1cc2c(-c3cc(F)cc(CCCN(C)C)c3)cccc2[nH]1)c1cc(-c2cncc(CCc3ccccc3)c2)ncc1N.CC. The molecule has 6 heteroatoms. The van der Waals surface area contributed by atoms with Crippen LogP contribution in [0, 0.1) is 5.82 Å². The van der Waals surface area contributed by atoms with Crippen LogP contribution in [-0.2, 0) is 19.3 Å². The molecule has 0 aliphatic heterocycles. The molecule has 6 aromatic rings. The highest BCUT2D eigenvalue weighted by molar-refractivity contribution is 5.99. The Labute approximate surface area is 278 Å². The van der Waals surface area contributed by atoms with Crippen LogP contribution in [0.15, 0.2) is 110 Å². The van der Waals surface area contributed by atoms with Crippen molar-refractivity contribution >= 4 is 22.2 Å². The Bertz CT molecular complexity index is 1960. The van der Waals surface area contributed by atoms with Crippen LogP contribution >= 0.6 is 0 Å². The zero-order valence-corrected chi connectivity index (χ0v) is 27.9. The number of halogens is 1. The van der Waals surface area contributed by atoms with E-state index < -0.39 is 0 Å². The van der Waals surface area contributed by atoms with Crippen molar-refractivity contribution in [2.24, 2.45) is 0 Å². The number of nitrogens with zero attached hydrogens (tertiary/aromatic N) is 3. The third kappa shape index (κ3) is 8.21. The number of rotatable bonds is 11. The molecule has 3 N–H and O–H groups in total. The molecule has 47 heavy (non-hydrogen) atoms. The second kappa shape index (κ2) is 15.5.